The average molecular weight is 354 g/mol. The van der Waals surface area contributed by atoms with Gasteiger partial charge in [-0.1, -0.05) is 48.8 Å². The smallest absolute Gasteiger partial charge is 0.195 e. The van der Waals surface area contributed by atoms with Crippen molar-refractivity contribution in [2.24, 2.45) is 0 Å². The van der Waals surface area contributed by atoms with E-state index in [1.807, 2.05) is 6.07 Å². The highest BCUT2D eigenvalue weighted by atomic mass is 79.9. The van der Waals surface area contributed by atoms with Gasteiger partial charge in [-0.05, 0) is 43.3 Å². The zero-order chi connectivity index (χ0) is 15.2. The first kappa shape index (κ1) is 15.8. The van der Waals surface area contributed by atoms with Gasteiger partial charge in [-0.3, -0.25) is 0 Å². The lowest BCUT2D eigenvalue weighted by Gasteiger charge is -2.44. The molecule has 0 saturated heterocycles. The summed E-state index contributed by atoms with van der Waals surface area (Å²) in [7, 11) is -1.82. The van der Waals surface area contributed by atoms with Gasteiger partial charge in [0, 0.05) is 15.7 Å². The van der Waals surface area contributed by atoms with Crippen LogP contribution in [0.1, 0.15) is 33.3 Å². The number of hydrogen-bond acceptors (Lipinski definition) is 2. The Bertz CT molecular complexity index is 548. The number of benzene rings is 1. The average Bonchev–Trinajstić information content (AvgIpc) is 2.25. The minimum atomic E-state index is -1.82. The Labute approximate surface area is 131 Å². The normalized spacial score (nSPS) is 22.4. The molecule has 2 nitrogen and oxygen atoms in total. The molecule has 1 aliphatic heterocycles. The lowest BCUT2D eigenvalue weighted by molar-refractivity contribution is 0.150. The maximum absolute atomic E-state index is 6.55. The van der Waals surface area contributed by atoms with Crippen molar-refractivity contribution in [3.05, 3.63) is 34.3 Å². The Morgan fingerprint density at radius 2 is 1.90 bits per heavy atom. The third-order valence-electron chi connectivity index (χ3n) is 4.28. The predicted octanol–water partition coefficient (Wildman–Crippen LogP) is 5.63. The molecule has 1 aliphatic rings. The highest BCUT2D eigenvalue weighted by Gasteiger charge is 2.43. The molecule has 1 heterocycles. The minimum absolute atomic E-state index is 0.197. The first-order valence-electron chi connectivity index (χ1n) is 7.00. The van der Waals surface area contributed by atoms with E-state index < -0.39 is 14.0 Å². The van der Waals surface area contributed by atoms with Crippen molar-refractivity contribution in [2.75, 3.05) is 5.32 Å². The largest absolute Gasteiger partial charge is 0.392 e. The molecule has 0 aromatic heterocycles. The standard InChI is InChI=1S/C16H24BrNOSi/c1-15(2,3)20(5,6)19-16(4)11-10-12-13(17)8-7-9-14(12)18-16/h7-11,18H,1-6H3. The summed E-state index contributed by atoms with van der Waals surface area (Å²) in [4.78, 5) is 0. The Morgan fingerprint density at radius 1 is 1.25 bits per heavy atom. The third kappa shape index (κ3) is 3.02. The van der Waals surface area contributed by atoms with Gasteiger partial charge in [-0.2, -0.15) is 0 Å². The Hall–Kier alpha value is -0.583. The molecule has 1 unspecified atom stereocenters. The summed E-state index contributed by atoms with van der Waals surface area (Å²) in [5.74, 6) is 0. The second-order valence-electron chi connectivity index (χ2n) is 7.13. The van der Waals surface area contributed by atoms with Crippen LogP contribution in [0.5, 0.6) is 0 Å². The van der Waals surface area contributed by atoms with Gasteiger partial charge < -0.3 is 9.74 Å². The molecule has 0 radical (unpaired) electrons. The molecule has 1 N–H and O–H groups in total. The molecule has 20 heavy (non-hydrogen) atoms. The Kier molecular flexibility index (Phi) is 3.95. The number of rotatable bonds is 2. The summed E-state index contributed by atoms with van der Waals surface area (Å²) < 4.78 is 7.66. The van der Waals surface area contributed by atoms with Crippen LogP contribution >= 0.6 is 15.9 Å². The van der Waals surface area contributed by atoms with Crippen molar-refractivity contribution >= 4 is 36.0 Å². The molecule has 0 amide bonds. The van der Waals surface area contributed by atoms with Gasteiger partial charge in [0.2, 0.25) is 0 Å². The van der Waals surface area contributed by atoms with Gasteiger partial charge in [0.25, 0.3) is 0 Å². The van der Waals surface area contributed by atoms with E-state index in [4.69, 9.17) is 4.43 Å². The minimum Gasteiger partial charge on any atom is -0.392 e. The molecule has 0 fully saturated rings. The van der Waals surface area contributed by atoms with Crippen molar-refractivity contribution in [3.8, 4) is 0 Å². The maximum Gasteiger partial charge on any atom is 0.195 e. The zero-order valence-corrected chi connectivity index (χ0v) is 15.8. The van der Waals surface area contributed by atoms with Crippen molar-refractivity contribution < 1.29 is 4.43 Å². The first-order chi connectivity index (χ1) is 9.04. The van der Waals surface area contributed by atoms with E-state index in [1.165, 1.54) is 5.56 Å². The molecule has 1 atom stereocenters. The number of nitrogens with one attached hydrogen (secondary N) is 1. The summed E-state index contributed by atoms with van der Waals surface area (Å²) in [6.07, 6.45) is 4.27. The van der Waals surface area contributed by atoms with Gasteiger partial charge in [0.05, 0.1) is 0 Å². The van der Waals surface area contributed by atoms with Crippen molar-refractivity contribution in [2.45, 2.75) is 51.6 Å². The van der Waals surface area contributed by atoms with E-state index in [1.54, 1.807) is 0 Å². The fourth-order valence-corrected chi connectivity index (χ4v) is 4.09. The summed E-state index contributed by atoms with van der Waals surface area (Å²) in [5.41, 5.74) is 1.86. The third-order valence-corrected chi connectivity index (χ3v) is 9.52. The molecule has 4 heteroatoms. The number of fused-ring (bicyclic) bond motifs is 1. The Morgan fingerprint density at radius 3 is 2.50 bits per heavy atom. The van der Waals surface area contributed by atoms with Crippen LogP contribution in [0.2, 0.25) is 18.1 Å². The number of hydrogen-bond donors (Lipinski definition) is 1. The summed E-state index contributed by atoms with van der Waals surface area (Å²) in [5, 5.41) is 3.74. The summed E-state index contributed by atoms with van der Waals surface area (Å²) in [6, 6.07) is 6.20. The molecule has 1 aromatic rings. The van der Waals surface area contributed by atoms with E-state index in [0.29, 0.717) is 0 Å². The maximum atomic E-state index is 6.55. The SMILES string of the molecule is CC1(O[Si](C)(C)C(C)(C)C)C=Cc2c(Br)cccc2N1. The molecule has 2 rings (SSSR count). The van der Waals surface area contributed by atoms with Gasteiger partial charge in [0.15, 0.2) is 8.32 Å². The summed E-state index contributed by atoms with van der Waals surface area (Å²) >= 11 is 3.59. The molecule has 0 bridgehead atoms. The molecule has 0 aliphatic carbocycles. The van der Waals surface area contributed by atoms with E-state index in [2.05, 4.69) is 86.3 Å². The zero-order valence-electron chi connectivity index (χ0n) is 13.2. The van der Waals surface area contributed by atoms with Crippen molar-refractivity contribution in [1.29, 1.82) is 0 Å². The van der Waals surface area contributed by atoms with Crippen LogP contribution in [0, 0.1) is 0 Å². The topological polar surface area (TPSA) is 21.3 Å². The van der Waals surface area contributed by atoms with Crippen molar-refractivity contribution in [3.63, 3.8) is 0 Å². The monoisotopic (exact) mass is 353 g/mol. The fraction of sp³-hybridized carbons (Fsp3) is 0.500. The molecule has 0 spiro atoms. The first-order valence-corrected chi connectivity index (χ1v) is 10.7. The highest BCUT2D eigenvalue weighted by molar-refractivity contribution is 9.10. The van der Waals surface area contributed by atoms with E-state index in [-0.39, 0.29) is 5.04 Å². The lowest BCUT2D eigenvalue weighted by atomic mass is 10.0. The van der Waals surface area contributed by atoms with Crippen LogP contribution in [0.25, 0.3) is 6.08 Å². The van der Waals surface area contributed by atoms with Gasteiger partial charge >= 0.3 is 0 Å². The number of anilines is 1. The van der Waals surface area contributed by atoms with E-state index in [9.17, 15) is 0 Å². The molecular weight excluding hydrogens is 330 g/mol. The molecule has 1 aromatic carbocycles. The van der Waals surface area contributed by atoms with Crippen LogP contribution in [0.15, 0.2) is 28.7 Å². The summed E-state index contributed by atoms with van der Waals surface area (Å²) in [6.45, 7) is 13.5. The van der Waals surface area contributed by atoms with E-state index >= 15 is 0 Å². The molecule has 0 saturated carbocycles. The lowest BCUT2D eigenvalue weighted by Crippen LogP contribution is -2.51. The van der Waals surface area contributed by atoms with Crippen LogP contribution in [-0.2, 0) is 4.43 Å². The predicted molar refractivity (Wildman–Crippen MR) is 93.5 cm³/mol. The van der Waals surface area contributed by atoms with E-state index in [0.717, 1.165) is 10.2 Å². The number of halogens is 1. The van der Waals surface area contributed by atoms with Gasteiger partial charge in [0.1, 0.15) is 5.72 Å². The van der Waals surface area contributed by atoms with Crippen LogP contribution in [0.3, 0.4) is 0 Å². The van der Waals surface area contributed by atoms with Gasteiger partial charge in [-0.15, -0.1) is 0 Å². The fourth-order valence-electron chi connectivity index (χ4n) is 2.11. The molecule has 110 valence electrons. The molecular formula is C16H24BrNOSi. The highest BCUT2D eigenvalue weighted by Crippen LogP contribution is 2.41. The van der Waals surface area contributed by atoms with Gasteiger partial charge in [-0.25, -0.2) is 0 Å². The second kappa shape index (κ2) is 5.00. The second-order valence-corrected chi connectivity index (χ2v) is 12.7. The van der Waals surface area contributed by atoms with Crippen LogP contribution in [-0.4, -0.2) is 14.0 Å². The quantitative estimate of drug-likeness (QED) is 0.696. The van der Waals surface area contributed by atoms with Crippen LogP contribution < -0.4 is 5.32 Å². The Balaban J connectivity index is 2.29. The van der Waals surface area contributed by atoms with Crippen molar-refractivity contribution in [1.82, 2.24) is 0 Å². The van der Waals surface area contributed by atoms with Crippen LogP contribution in [0.4, 0.5) is 5.69 Å².